The smallest absolute Gasteiger partial charge is 0.161 e. The van der Waals surface area contributed by atoms with Crippen LogP contribution in [0.5, 0.6) is 5.75 Å². The van der Waals surface area contributed by atoms with Gasteiger partial charge in [0.1, 0.15) is 5.69 Å². The molecule has 7 heteroatoms. The molecule has 0 radical (unpaired) electrons. The van der Waals surface area contributed by atoms with Crippen LogP contribution in [0.15, 0.2) is 17.1 Å². The van der Waals surface area contributed by atoms with Crippen LogP contribution in [-0.4, -0.2) is 54.0 Å². The minimum Gasteiger partial charge on any atom is -0.493 e. The lowest BCUT2D eigenvalue weighted by atomic mass is 10.1. The number of nitrogens with zero attached hydrogens (tertiary/aromatic N) is 4. The second-order valence-electron chi connectivity index (χ2n) is 5.03. The summed E-state index contributed by atoms with van der Waals surface area (Å²) < 4.78 is 7.50. The Hall–Kier alpha value is -1.44. The lowest BCUT2D eigenvalue weighted by Crippen LogP contribution is -2.27. The molecule has 0 aliphatic heterocycles. The molecule has 2 rings (SSSR count). The fourth-order valence-electron chi connectivity index (χ4n) is 2.21. The monoisotopic (exact) mass is 309 g/mol. The molecule has 0 spiro atoms. The highest BCUT2D eigenvalue weighted by Crippen LogP contribution is 2.29. The molecule has 0 amide bonds. The number of likely N-dealkylation sites (N-methyl/N-ethyl adjacent to an activating group) is 1. The van der Waals surface area contributed by atoms with Crippen LogP contribution in [-0.2, 0) is 6.54 Å². The Bertz CT molecular complexity index is 538. The van der Waals surface area contributed by atoms with E-state index in [1.807, 2.05) is 10.2 Å². The summed E-state index contributed by atoms with van der Waals surface area (Å²) in [4.78, 5) is 6.59. The van der Waals surface area contributed by atoms with Crippen molar-refractivity contribution < 1.29 is 4.74 Å². The number of aromatic nitrogens is 3. The predicted molar refractivity (Wildman–Crippen MR) is 85.0 cm³/mol. The molecule has 2 heterocycles. The summed E-state index contributed by atoms with van der Waals surface area (Å²) in [5, 5.41) is 10.0. The van der Waals surface area contributed by atoms with E-state index >= 15 is 0 Å². The van der Waals surface area contributed by atoms with Gasteiger partial charge in [0.15, 0.2) is 5.75 Å². The summed E-state index contributed by atoms with van der Waals surface area (Å²) in [5.74, 6) is 0.799. The number of methoxy groups -OCH3 is 1. The SMILES string of the molecule is CCNC(c1cscn1)c1c(OC)cnn1CCN(C)C. The van der Waals surface area contributed by atoms with Crippen LogP contribution in [0.1, 0.15) is 24.4 Å². The van der Waals surface area contributed by atoms with Crippen molar-refractivity contribution in [3.8, 4) is 5.75 Å². The van der Waals surface area contributed by atoms with Crippen molar-refractivity contribution >= 4 is 11.3 Å². The maximum absolute atomic E-state index is 5.50. The summed E-state index contributed by atoms with van der Waals surface area (Å²) >= 11 is 1.60. The molecule has 0 fully saturated rings. The molecule has 0 bridgehead atoms. The molecule has 116 valence electrons. The molecule has 2 aromatic heterocycles. The van der Waals surface area contributed by atoms with Crippen molar-refractivity contribution in [2.75, 3.05) is 34.3 Å². The topological polar surface area (TPSA) is 55.2 Å². The number of hydrogen-bond acceptors (Lipinski definition) is 6. The normalized spacial score (nSPS) is 12.8. The molecule has 1 atom stereocenters. The van der Waals surface area contributed by atoms with E-state index < -0.39 is 0 Å². The highest BCUT2D eigenvalue weighted by molar-refractivity contribution is 7.07. The van der Waals surface area contributed by atoms with E-state index in [4.69, 9.17) is 4.74 Å². The zero-order valence-corrected chi connectivity index (χ0v) is 13.9. The van der Waals surface area contributed by atoms with Crippen molar-refractivity contribution in [2.24, 2.45) is 0 Å². The van der Waals surface area contributed by atoms with Crippen LogP contribution >= 0.6 is 11.3 Å². The van der Waals surface area contributed by atoms with Crippen molar-refractivity contribution in [3.63, 3.8) is 0 Å². The van der Waals surface area contributed by atoms with E-state index in [1.165, 1.54) is 0 Å². The Morgan fingerprint density at radius 3 is 2.86 bits per heavy atom. The molecular formula is C14H23N5OS. The molecule has 6 nitrogen and oxygen atoms in total. The standard InChI is InChI=1S/C14H23N5OS/c1-5-15-13(11-9-21-10-16-11)14-12(20-4)8-17-19(14)7-6-18(2)3/h8-10,13,15H,5-7H2,1-4H3. The number of ether oxygens (including phenoxy) is 1. The lowest BCUT2D eigenvalue weighted by molar-refractivity contribution is 0.359. The highest BCUT2D eigenvalue weighted by Gasteiger charge is 2.24. The van der Waals surface area contributed by atoms with Crippen LogP contribution < -0.4 is 10.1 Å². The number of nitrogens with one attached hydrogen (secondary N) is 1. The maximum Gasteiger partial charge on any atom is 0.161 e. The third-order valence-corrected chi connectivity index (χ3v) is 3.86. The van der Waals surface area contributed by atoms with Gasteiger partial charge in [-0.1, -0.05) is 6.92 Å². The fraction of sp³-hybridized carbons (Fsp3) is 0.571. The van der Waals surface area contributed by atoms with E-state index in [0.29, 0.717) is 0 Å². The summed E-state index contributed by atoms with van der Waals surface area (Å²) in [6, 6.07) is 0.000798. The van der Waals surface area contributed by atoms with E-state index in [0.717, 1.165) is 36.8 Å². The Balaban J connectivity index is 2.35. The van der Waals surface area contributed by atoms with Gasteiger partial charge in [0, 0.05) is 11.9 Å². The molecule has 2 aromatic rings. The second kappa shape index (κ2) is 7.53. The van der Waals surface area contributed by atoms with Crippen LogP contribution in [0.4, 0.5) is 0 Å². The second-order valence-corrected chi connectivity index (χ2v) is 5.75. The Morgan fingerprint density at radius 1 is 1.48 bits per heavy atom. The average Bonchev–Trinajstić information content (AvgIpc) is 3.11. The summed E-state index contributed by atoms with van der Waals surface area (Å²) in [5.41, 5.74) is 3.89. The molecular weight excluding hydrogens is 286 g/mol. The van der Waals surface area contributed by atoms with E-state index in [-0.39, 0.29) is 6.04 Å². The zero-order chi connectivity index (χ0) is 15.2. The quantitative estimate of drug-likeness (QED) is 0.803. The van der Waals surface area contributed by atoms with E-state index in [1.54, 1.807) is 24.6 Å². The van der Waals surface area contributed by atoms with Crippen molar-refractivity contribution in [1.82, 2.24) is 25.0 Å². The van der Waals surface area contributed by atoms with Crippen LogP contribution in [0, 0.1) is 0 Å². The van der Waals surface area contributed by atoms with Gasteiger partial charge in [0.25, 0.3) is 0 Å². The predicted octanol–water partition coefficient (Wildman–Crippen LogP) is 1.61. The van der Waals surface area contributed by atoms with Gasteiger partial charge < -0.3 is 15.0 Å². The Kier molecular flexibility index (Phi) is 5.72. The molecule has 0 saturated heterocycles. The fourth-order valence-corrected chi connectivity index (χ4v) is 2.79. The molecule has 1 N–H and O–H groups in total. The Morgan fingerprint density at radius 2 is 2.29 bits per heavy atom. The minimum absolute atomic E-state index is 0.000798. The first-order chi connectivity index (χ1) is 10.2. The third kappa shape index (κ3) is 3.81. The first kappa shape index (κ1) is 15.9. The maximum atomic E-state index is 5.50. The molecule has 0 aromatic carbocycles. The highest BCUT2D eigenvalue weighted by atomic mass is 32.1. The van der Waals surface area contributed by atoms with Gasteiger partial charge in [-0.2, -0.15) is 5.10 Å². The van der Waals surface area contributed by atoms with E-state index in [2.05, 4.69) is 46.7 Å². The zero-order valence-electron chi connectivity index (χ0n) is 13.0. The molecule has 0 aliphatic rings. The molecule has 21 heavy (non-hydrogen) atoms. The van der Waals surface area contributed by atoms with Crippen molar-refractivity contribution in [3.05, 3.63) is 28.5 Å². The lowest BCUT2D eigenvalue weighted by Gasteiger charge is -2.20. The molecule has 0 aliphatic carbocycles. The van der Waals surface area contributed by atoms with Gasteiger partial charge in [0.2, 0.25) is 0 Å². The largest absolute Gasteiger partial charge is 0.493 e. The number of rotatable bonds is 8. The first-order valence-electron chi connectivity index (χ1n) is 7.03. The third-order valence-electron chi connectivity index (χ3n) is 3.25. The number of thiazole rings is 1. The van der Waals surface area contributed by atoms with Crippen LogP contribution in [0.2, 0.25) is 0 Å². The molecule has 1 unspecified atom stereocenters. The summed E-state index contributed by atoms with van der Waals surface area (Å²) in [6.45, 7) is 4.68. The van der Waals surface area contributed by atoms with Gasteiger partial charge in [-0.05, 0) is 20.6 Å². The van der Waals surface area contributed by atoms with Crippen molar-refractivity contribution in [1.29, 1.82) is 0 Å². The van der Waals surface area contributed by atoms with Crippen LogP contribution in [0.3, 0.4) is 0 Å². The van der Waals surface area contributed by atoms with Crippen LogP contribution in [0.25, 0.3) is 0 Å². The van der Waals surface area contributed by atoms with Gasteiger partial charge >= 0.3 is 0 Å². The average molecular weight is 309 g/mol. The molecule has 0 saturated carbocycles. The number of hydrogen-bond donors (Lipinski definition) is 1. The van der Waals surface area contributed by atoms with Gasteiger partial charge in [-0.3, -0.25) is 4.68 Å². The van der Waals surface area contributed by atoms with Gasteiger partial charge in [-0.25, -0.2) is 4.98 Å². The Labute approximate surface area is 129 Å². The van der Waals surface area contributed by atoms with E-state index in [9.17, 15) is 0 Å². The van der Waals surface area contributed by atoms with Crippen molar-refractivity contribution in [2.45, 2.75) is 19.5 Å². The summed E-state index contributed by atoms with van der Waals surface area (Å²) in [6.07, 6.45) is 1.78. The first-order valence-corrected chi connectivity index (χ1v) is 7.97. The van der Waals surface area contributed by atoms with Gasteiger partial charge in [0.05, 0.1) is 37.1 Å². The van der Waals surface area contributed by atoms with Gasteiger partial charge in [-0.15, -0.1) is 11.3 Å². The minimum atomic E-state index is 0.000798. The summed E-state index contributed by atoms with van der Waals surface area (Å²) in [7, 11) is 5.80.